The summed E-state index contributed by atoms with van der Waals surface area (Å²) in [5.41, 5.74) is 2.71. The van der Waals surface area contributed by atoms with Gasteiger partial charge in [-0.1, -0.05) is 11.6 Å². The van der Waals surface area contributed by atoms with Gasteiger partial charge < -0.3 is 14.7 Å². The number of carbonyl (C=O) groups is 1. The molecular formula is C18H24ClNO3. The fourth-order valence-corrected chi connectivity index (χ4v) is 4.00. The van der Waals surface area contributed by atoms with Crippen LogP contribution in [0.2, 0.25) is 5.02 Å². The fourth-order valence-electron chi connectivity index (χ4n) is 3.71. The second-order valence-electron chi connectivity index (χ2n) is 6.72. The average Bonchev–Trinajstić information content (AvgIpc) is 3.00. The van der Waals surface area contributed by atoms with Crippen LogP contribution in [0.1, 0.15) is 40.7 Å². The summed E-state index contributed by atoms with van der Waals surface area (Å²) in [6, 6.07) is 3.77. The summed E-state index contributed by atoms with van der Waals surface area (Å²) in [4.78, 5) is 14.9. The zero-order valence-electron chi connectivity index (χ0n) is 13.7. The highest BCUT2D eigenvalue weighted by atomic mass is 35.5. The lowest BCUT2D eigenvalue weighted by molar-refractivity contribution is -0.0589. The van der Waals surface area contributed by atoms with Crippen LogP contribution < -0.4 is 0 Å². The Morgan fingerprint density at radius 2 is 2.04 bits per heavy atom. The topological polar surface area (TPSA) is 49.8 Å². The Kier molecular flexibility index (Phi) is 4.95. The molecule has 0 aromatic heterocycles. The first-order valence-corrected chi connectivity index (χ1v) is 8.70. The van der Waals surface area contributed by atoms with Crippen molar-refractivity contribution in [3.05, 3.63) is 33.8 Å². The molecule has 1 aromatic carbocycles. The lowest BCUT2D eigenvalue weighted by atomic mass is 9.89. The van der Waals surface area contributed by atoms with Gasteiger partial charge in [-0.05, 0) is 56.4 Å². The molecular weight excluding hydrogens is 314 g/mol. The molecule has 23 heavy (non-hydrogen) atoms. The van der Waals surface area contributed by atoms with Gasteiger partial charge >= 0.3 is 0 Å². The van der Waals surface area contributed by atoms with Crippen molar-refractivity contribution < 1.29 is 14.6 Å². The zero-order chi connectivity index (χ0) is 16.6. The van der Waals surface area contributed by atoms with Gasteiger partial charge in [0.15, 0.2) is 0 Å². The van der Waals surface area contributed by atoms with Gasteiger partial charge in [-0.2, -0.15) is 0 Å². The highest BCUT2D eigenvalue weighted by Gasteiger charge is 2.40. The summed E-state index contributed by atoms with van der Waals surface area (Å²) in [7, 11) is 0. The maximum Gasteiger partial charge on any atom is 0.255 e. The van der Waals surface area contributed by atoms with E-state index in [0.29, 0.717) is 30.2 Å². The van der Waals surface area contributed by atoms with E-state index in [4.69, 9.17) is 16.3 Å². The van der Waals surface area contributed by atoms with Gasteiger partial charge in [-0.15, -0.1) is 0 Å². The average molecular weight is 338 g/mol. The standard InChI is InChI=1S/C18H24ClNO3/c1-11-8-13(15(19)9-12(11)2)18(22)20-6-3-4-16(20)14-10-23-7-5-17(14)21/h8-9,14,16-17,21H,3-7,10H2,1-2H3/t14-,16+,17-/m0/s1. The van der Waals surface area contributed by atoms with E-state index in [-0.39, 0.29) is 17.9 Å². The molecule has 2 aliphatic rings. The molecule has 0 saturated carbocycles. The molecule has 1 amide bonds. The molecule has 2 fully saturated rings. The number of amides is 1. The zero-order valence-corrected chi connectivity index (χ0v) is 14.5. The number of hydrogen-bond donors (Lipinski definition) is 1. The van der Waals surface area contributed by atoms with Crippen molar-refractivity contribution in [2.45, 2.75) is 45.3 Å². The van der Waals surface area contributed by atoms with E-state index < -0.39 is 6.10 Å². The van der Waals surface area contributed by atoms with Crippen molar-refractivity contribution >= 4 is 17.5 Å². The number of benzene rings is 1. The Bertz CT molecular complexity index is 604. The number of ether oxygens (including phenoxy) is 1. The van der Waals surface area contributed by atoms with Crippen LogP contribution in [0.3, 0.4) is 0 Å². The summed E-state index contributed by atoms with van der Waals surface area (Å²) in [5.74, 6) is -0.0288. The number of rotatable bonds is 2. The number of nitrogens with zero attached hydrogens (tertiary/aromatic N) is 1. The quantitative estimate of drug-likeness (QED) is 0.902. The number of likely N-dealkylation sites (tertiary alicyclic amines) is 1. The largest absolute Gasteiger partial charge is 0.393 e. The van der Waals surface area contributed by atoms with Crippen LogP contribution in [0.15, 0.2) is 12.1 Å². The van der Waals surface area contributed by atoms with Crippen molar-refractivity contribution in [1.82, 2.24) is 4.90 Å². The van der Waals surface area contributed by atoms with Crippen molar-refractivity contribution in [1.29, 1.82) is 0 Å². The van der Waals surface area contributed by atoms with E-state index in [9.17, 15) is 9.90 Å². The van der Waals surface area contributed by atoms with Gasteiger partial charge in [0, 0.05) is 25.1 Å². The first-order chi connectivity index (χ1) is 11.0. The van der Waals surface area contributed by atoms with Crippen molar-refractivity contribution in [2.24, 2.45) is 5.92 Å². The van der Waals surface area contributed by atoms with E-state index in [2.05, 4.69) is 0 Å². The smallest absolute Gasteiger partial charge is 0.255 e. The molecule has 2 saturated heterocycles. The van der Waals surface area contributed by atoms with E-state index >= 15 is 0 Å². The minimum absolute atomic E-state index is 0.000482. The lowest BCUT2D eigenvalue weighted by Gasteiger charge is -2.37. The minimum atomic E-state index is -0.391. The van der Waals surface area contributed by atoms with Gasteiger partial charge in [0.2, 0.25) is 0 Å². The third kappa shape index (κ3) is 3.25. The molecule has 0 bridgehead atoms. The second-order valence-corrected chi connectivity index (χ2v) is 7.13. The molecule has 126 valence electrons. The summed E-state index contributed by atoms with van der Waals surface area (Å²) in [5, 5.41) is 10.8. The summed E-state index contributed by atoms with van der Waals surface area (Å²) >= 11 is 6.32. The fraction of sp³-hybridized carbons (Fsp3) is 0.611. The van der Waals surface area contributed by atoms with Gasteiger partial charge in [0.25, 0.3) is 5.91 Å². The van der Waals surface area contributed by atoms with Gasteiger partial charge in [0.05, 0.1) is 23.3 Å². The molecule has 5 heteroatoms. The first-order valence-electron chi connectivity index (χ1n) is 8.32. The number of carbonyl (C=O) groups excluding carboxylic acids is 1. The third-order valence-corrected chi connectivity index (χ3v) is 5.54. The second kappa shape index (κ2) is 6.80. The molecule has 0 aliphatic carbocycles. The van der Waals surface area contributed by atoms with E-state index in [1.807, 2.05) is 30.9 Å². The normalized spacial score (nSPS) is 28.2. The Morgan fingerprint density at radius 1 is 1.30 bits per heavy atom. The molecule has 1 aromatic rings. The highest BCUT2D eigenvalue weighted by molar-refractivity contribution is 6.34. The molecule has 4 nitrogen and oxygen atoms in total. The Labute approximate surface area is 142 Å². The first kappa shape index (κ1) is 16.7. The number of hydrogen-bond acceptors (Lipinski definition) is 3. The monoisotopic (exact) mass is 337 g/mol. The summed E-state index contributed by atoms with van der Waals surface area (Å²) < 4.78 is 5.53. The van der Waals surface area contributed by atoms with Crippen molar-refractivity contribution in [2.75, 3.05) is 19.8 Å². The van der Waals surface area contributed by atoms with Crippen molar-refractivity contribution in [3.8, 4) is 0 Å². The van der Waals surface area contributed by atoms with Crippen LogP contribution in [0.4, 0.5) is 0 Å². The molecule has 2 aliphatic heterocycles. The summed E-state index contributed by atoms with van der Waals surface area (Å²) in [6.45, 7) is 5.82. The SMILES string of the molecule is Cc1cc(Cl)c(C(=O)N2CCC[C@@H]2[C@@H]2COCC[C@@H]2O)cc1C. The Balaban J connectivity index is 1.85. The summed E-state index contributed by atoms with van der Waals surface area (Å²) in [6.07, 6.45) is 2.13. The van der Waals surface area contributed by atoms with Gasteiger partial charge in [0.1, 0.15) is 0 Å². The maximum atomic E-state index is 13.0. The van der Waals surface area contributed by atoms with Crippen LogP contribution in [-0.4, -0.2) is 47.8 Å². The lowest BCUT2D eigenvalue weighted by Crippen LogP contribution is -2.48. The number of aliphatic hydroxyl groups excluding tert-OH is 1. The van der Waals surface area contributed by atoms with E-state index in [1.54, 1.807) is 0 Å². The number of aryl methyl sites for hydroxylation is 2. The van der Waals surface area contributed by atoms with E-state index in [0.717, 1.165) is 30.5 Å². The molecule has 3 rings (SSSR count). The van der Waals surface area contributed by atoms with E-state index in [1.165, 1.54) is 0 Å². The number of halogens is 1. The van der Waals surface area contributed by atoms with Gasteiger partial charge in [-0.25, -0.2) is 0 Å². The minimum Gasteiger partial charge on any atom is -0.393 e. The predicted molar refractivity (Wildman–Crippen MR) is 89.9 cm³/mol. The number of aliphatic hydroxyl groups is 1. The maximum absolute atomic E-state index is 13.0. The molecule has 0 radical (unpaired) electrons. The molecule has 0 unspecified atom stereocenters. The Hall–Kier alpha value is -1.10. The van der Waals surface area contributed by atoms with Crippen molar-refractivity contribution in [3.63, 3.8) is 0 Å². The molecule has 1 N–H and O–H groups in total. The molecule has 0 spiro atoms. The predicted octanol–water partition coefficient (Wildman–Crippen LogP) is 2.96. The Morgan fingerprint density at radius 3 is 2.78 bits per heavy atom. The van der Waals surface area contributed by atoms with Crippen LogP contribution >= 0.6 is 11.6 Å². The van der Waals surface area contributed by atoms with Crippen LogP contribution in [0, 0.1) is 19.8 Å². The van der Waals surface area contributed by atoms with Gasteiger partial charge in [-0.3, -0.25) is 4.79 Å². The van der Waals surface area contributed by atoms with Crippen LogP contribution in [-0.2, 0) is 4.74 Å². The highest BCUT2D eigenvalue weighted by Crippen LogP contribution is 2.32. The molecule has 2 heterocycles. The van der Waals surface area contributed by atoms with Crippen LogP contribution in [0.25, 0.3) is 0 Å². The third-order valence-electron chi connectivity index (χ3n) is 5.23. The molecule has 3 atom stereocenters. The van der Waals surface area contributed by atoms with Crippen LogP contribution in [0.5, 0.6) is 0 Å².